The fourth-order valence-electron chi connectivity index (χ4n) is 2.33. The molecule has 28 heavy (non-hydrogen) atoms. The molecule has 0 bridgehead atoms. The fourth-order valence-corrected chi connectivity index (χ4v) is 2.48. The van der Waals surface area contributed by atoms with E-state index >= 15 is 0 Å². The van der Waals surface area contributed by atoms with Crippen LogP contribution in [0.1, 0.15) is 47.1 Å². The number of thiocarbonyl (C=S) groups is 1. The highest BCUT2D eigenvalue weighted by molar-refractivity contribution is 7.80. The number of nitrogens with one attached hydrogen (secondary N) is 3. The van der Waals surface area contributed by atoms with Crippen LogP contribution in [0.15, 0.2) is 48.5 Å². The van der Waals surface area contributed by atoms with Gasteiger partial charge in [0.25, 0.3) is 17.5 Å². The molecule has 2 aromatic rings. The lowest BCUT2D eigenvalue weighted by Gasteiger charge is -2.19. The van der Waals surface area contributed by atoms with E-state index in [0.717, 1.165) is 5.56 Å². The van der Waals surface area contributed by atoms with Crippen LogP contribution in [-0.2, 0) is 5.41 Å². The zero-order valence-corrected chi connectivity index (χ0v) is 16.4. The van der Waals surface area contributed by atoms with Crippen LogP contribution in [0.5, 0.6) is 0 Å². The van der Waals surface area contributed by atoms with Crippen molar-refractivity contribution in [2.45, 2.75) is 26.2 Å². The maximum absolute atomic E-state index is 12.2. The van der Waals surface area contributed by atoms with Crippen molar-refractivity contribution in [3.05, 3.63) is 75.3 Å². The highest BCUT2D eigenvalue weighted by Crippen LogP contribution is 2.22. The number of hydrogen-bond donors (Lipinski definition) is 3. The van der Waals surface area contributed by atoms with Crippen molar-refractivity contribution in [1.29, 1.82) is 0 Å². The number of para-hydroxylation sites is 1. The molecule has 0 fully saturated rings. The van der Waals surface area contributed by atoms with Crippen LogP contribution in [0.2, 0.25) is 0 Å². The van der Waals surface area contributed by atoms with Crippen LogP contribution in [0.4, 0.5) is 5.69 Å². The molecule has 3 N–H and O–H groups in total. The molecule has 0 spiro atoms. The second-order valence-electron chi connectivity index (χ2n) is 6.96. The first-order valence-corrected chi connectivity index (χ1v) is 8.76. The van der Waals surface area contributed by atoms with Gasteiger partial charge in [-0.25, -0.2) is 0 Å². The average Bonchev–Trinajstić information content (AvgIpc) is 2.65. The molecule has 2 amide bonds. The van der Waals surface area contributed by atoms with Crippen LogP contribution in [0.25, 0.3) is 0 Å². The third kappa shape index (κ3) is 5.34. The number of carbonyl (C=O) groups excluding carboxylic acids is 2. The Morgan fingerprint density at radius 1 is 0.964 bits per heavy atom. The molecule has 0 aliphatic rings. The molecule has 8 nitrogen and oxygen atoms in total. The van der Waals surface area contributed by atoms with Crippen molar-refractivity contribution in [3.63, 3.8) is 0 Å². The van der Waals surface area contributed by atoms with Gasteiger partial charge in [0, 0.05) is 11.6 Å². The summed E-state index contributed by atoms with van der Waals surface area (Å²) < 4.78 is 0. The van der Waals surface area contributed by atoms with Crippen molar-refractivity contribution in [3.8, 4) is 0 Å². The molecule has 0 unspecified atom stereocenters. The number of nitro groups is 1. The predicted molar refractivity (Wildman–Crippen MR) is 109 cm³/mol. The van der Waals surface area contributed by atoms with Gasteiger partial charge in [-0.2, -0.15) is 0 Å². The number of nitro benzene ring substituents is 1. The molecule has 146 valence electrons. The first kappa shape index (κ1) is 21.0. The minimum absolute atomic E-state index is 0.0286. The molecular weight excluding hydrogens is 380 g/mol. The molecule has 0 aliphatic carbocycles. The number of benzene rings is 2. The third-order valence-electron chi connectivity index (χ3n) is 3.88. The van der Waals surface area contributed by atoms with Crippen LogP contribution in [-0.4, -0.2) is 21.9 Å². The summed E-state index contributed by atoms with van der Waals surface area (Å²) >= 11 is 4.95. The van der Waals surface area contributed by atoms with Gasteiger partial charge in [-0.05, 0) is 41.4 Å². The van der Waals surface area contributed by atoms with Gasteiger partial charge in [0.2, 0.25) is 0 Å². The van der Waals surface area contributed by atoms with Crippen LogP contribution in [0.3, 0.4) is 0 Å². The van der Waals surface area contributed by atoms with Gasteiger partial charge in [-0.15, -0.1) is 0 Å². The molecule has 2 rings (SSSR count). The first-order chi connectivity index (χ1) is 13.1. The lowest BCUT2D eigenvalue weighted by atomic mass is 9.87. The largest absolute Gasteiger partial charge is 0.297 e. The Kier molecular flexibility index (Phi) is 6.42. The summed E-state index contributed by atoms with van der Waals surface area (Å²) in [6.45, 7) is 6.21. The van der Waals surface area contributed by atoms with Gasteiger partial charge in [0.1, 0.15) is 5.56 Å². The van der Waals surface area contributed by atoms with Gasteiger partial charge in [0.15, 0.2) is 5.11 Å². The Balaban J connectivity index is 1.94. The van der Waals surface area contributed by atoms with E-state index in [0.29, 0.717) is 5.56 Å². The lowest BCUT2D eigenvalue weighted by Crippen LogP contribution is -2.48. The second-order valence-corrected chi connectivity index (χ2v) is 7.37. The van der Waals surface area contributed by atoms with Gasteiger partial charge < -0.3 is 0 Å². The lowest BCUT2D eigenvalue weighted by molar-refractivity contribution is -0.385. The number of carbonyl (C=O) groups is 2. The van der Waals surface area contributed by atoms with Crippen molar-refractivity contribution in [2.75, 3.05) is 0 Å². The van der Waals surface area contributed by atoms with Gasteiger partial charge in [0.05, 0.1) is 4.92 Å². The second kappa shape index (κ2) is 8.57. The van der Waals surface area contributed by atoms with E-state index in [1.54, 1.807) is 12.1 Å². The smallest absolute Gasteiger partial charge is 0.282 e. The number of nitrogens with zero attached hydrogens (tertiary/aromatic N) is 1. The van der Waals surface area contributed by atoms with Gasteiger partial charge >= 0.3 is 0 Å². The summed E-state index contributed by atoms with van der Waals surface area (Å²) in [4.78, 5) is 34.7. The summed E-state index contributed by atoms with van der Waals surface area (Å²) in [5, 5.41) is 13.1. The third-order valence-corrected chi connectivity index (χ3v) is 4.08. The highest BCUT2D eigenvalue weighted by Gasteiger charge is 2.20. The standard InChI is InChI=1S/C19H20N4O4S/c1-19(2,3)13-10-8-12(9-11-13)16(24)21-22-18(28)20-17(25)14-6-4-5-7-15(14)23(26)27/h4-11H,1-3H3,(H,21,24)(H2,20,22,25,28). The van der Waals surface area contributed by atoms with Crippen molar-refractivity contribution in [2.24, 2.45) is 0 Å². The zero-order valence-electron chi connectivity index (χ0n) is 15.6. The molecule has 0 radical (unpaired) electrons. The molecule has 9 heteroatoms. The molecule has 0 aromatic heterocycles. The summed E-state index contributed by atoms with van der Waals surface area (Å²) in [6.07, 6.45) is 0. The van der Waals surface area contributed by atoms with Gasteiger partial charge in [-0.3, -0.25) is 35.9 Å². The Bertz CT molecular complexity index is 920. The van der Waals surface area contributed by atoms with E-state index < -0.39 is 16.7 Å². The molecular formula is C19H20N4O4S. The van der Waals surface area contributed by atoms with Crippen LogP contribution in [0, 0.1) is 10.1 Å². The van der Waals surface area contributed by atoms with E-state index in [2.05, 4.69) is 36.9 Å². The van der Waals surface area contributed by atoms with Crippen molar-refractivity contribution < 1.29 is 14.5 Å². The van der Waals surface area contributed by atoms with E-state index in [-0.39, 0.29) is 21.8 Å². The van der Waals surface area contributed by atoms with E-state index in [1.807, 2.05) is 12.1 Å². The molecule has 0 aliphatic heterocycles. The van der Waals surface area contributed by atoms with Gasteiger partial charge in [-0.1, -0.05) is 45.0 Å². The number of hydrazine groups is 1. The molecule has 0 saturated carbocycles. The summed E-state index contributed by atoms with van der Waals surface area (Å²) in [5.74, 6) is -1.20. The summed E-state index contributed by atoms with van der Waals surface area (Å²) in [7, 11) is 0. The summed E-state index contributed by atoms with van der Waals surface area (Å²) in [6, 6.07) is 12.6. The molecule has 0 heterocycles. The van der Waals surface area contributed by atoms with Crippen LogP contribution >= 0.6 is 12.2 Å². The van der Waals surface area contributed by atoms with E-state index in [1.165, 1.54) is 24.3 Å². The minimum atomic E-state index is -0.756. The molecule has 2 aromatic carbocycles. The Morgan fingerprint density at radius 3 is 2.14 bits per heavy atom. The number of rotatable bonds is 3. The number of hydrogen-bond acceptors (Lipinski definition) is 5. The van der Waals surface area contributed by atoms with E-state index in [9.17, 15) is 19.7 Å². The monoisotopic (exact) mass is 400 g/mol. The molecule has 0 atom stereocenters. The van der Waals surface area contributed by atoms with Crippen LogP contribution < -0.4 is 16.2 Å². The SMILES string of the molecule is CC(C)(C)c1ccc(C(=O)NNC(=S)NC(=O)c2ccccc2[N+](=O)[O-])cc1. The van der Waals surface area contributed by atoms with Crippen molar-refractivity contribution in [1.82, 2.24) is 16.2 Å². The quantitative estimate of drug-likeness (QED) is 0.415. The predicted octanol–water partition coefficient (Wildman–Crippen LogP) is 2.84. The van der Waals surface area contributed by atoms with E-state index in [4.69, 9.17) is 12.2 Å². The average molecular weight is 400 g/mol. The Morgan fingerprint density at radius 2 is 1.57 bits per heavy atom. The fraction of sp³-hybridized carbons (Fsp3) is 0.211. The molecule has 0 saturated heterocycles. The summed E-state index contributed by atoms with van der Waals surface area (Å²) in [5.41, 5.74) is 5.77. The Labute approximate surface area is 167 Å². The topological polar surface area (TPSA) is 113 Å². The number of amides is 2. The minimum Gasteiger partial charge on any atom is -0.297 e. The maximum Gasteiger partial charge on any atom is 0.282 e. The Hall–Kier alpha value is -3.33. The zero-order chi connectivity index (χ0) is 20.9. The highest BCUT2D eigenvalue weighted by atomic mass is 32.1. The normalized spacial score (nSPS) is 10.7. The first-order valence-electron chi connectivity index (χ1n) is 8.35. The van der Waals surface area contributed by atoms with Crippen molar-refractivity contribution >= 4 is 34.8 Å². The maximum atomic E-state index is 12.2.